The van der Waals surface area contributed by atoms with Crippen LogP contribution < -0.4 is 5.73 Å². The highest BCUT2D eigenvalue weighted by Gasteiger charge is 2.04. The Morgan fingerprint density at radius 1 is 1.33 bits per heavy atom. The molecule has 0 aliphatic carbocycles. The predicted octanol–water partition coefficient (Wildman–Crippen LogP) is 1.53. The second-order valence-electron chi connectivity index (χ2n) is 2.94. The third kappa shape index (κ3) is 0.794. The molecule has 0 atom stereocenters. The van der Waals surface area contributed by atoms with Crippen LogP contribution in [0.1, 0.15) is 11.4 Å². The van der Waals surface area contributed by atoms with Gasteiger partial charge in [0.25, 0.3) is 0 Å². The number of rotatable bonds is 0. The van der Waals surface area contributed by atoms with Gasteiger partial charge in [-0.15, -0.1) is 0 Å². The number of hydrogen-bond donors (Lipinski definition) is 1. The molecule has 0 radical (unpaired) electrons. The lowest BCUT2D eigenvalue weighted by Gasteiger charge is -1.99. The molecule has 2 aromatic heterocycles. The zero-order valence-corrected chi connectivity index (χ0v) is 7.20. The van der Waals surface area contributed by atoms with E-state index in [2.05, 4.69) is 4.98 Å². The Morgan fingerprint density at radius 3 is 2.75 bits per heavy atom. The van der Waals surface area contributed by atoms with Crippen molar-refractivity contribution in [3.8, 4) is 0 Å². The summed E-state index contributed by atoms with van der Waals surface area (Å²) in [5.74, 6) is 0.570. The summed E-state index contributed by atoms with van der Waals surface area (Å²) in [4.78, 5) is 4.19. The van der Waals surface area contributed by atoms with E-state index in [0.717, 1.165) is 16.9 Å². The van der Waals surface area contributed by atoms with Gasteiger partial charge < -0.3 is 5.73 Å². The average molecular weight is 161 g/mol. The van der Waals surface area contributed by atoms with Gasteiger partial charge in [0.2, 0.25) is 5.95 Å². The van der Waals surface area contributed by atoms with Crippen molar-refractivity contribution in [3.63, 3.8) is 0 Å². The summed E-state index contributed by atoms with van der Waals surface area (Å²) in [5, 5.41) is 0. The van der Waals surface area contributed by atoms with E-state index in [1.807, 2.05) is 36.4 Å². The molecule has 12 heavy (non-hydrogen) atoms. The van der Waals surface area contributed by atoms with Crippen LogP contribution in [0.5, 0.6) is 0 Å². The first-order valence-electron chi connectivity index (χ1n) is 3.90. The zero-order valence-electron chi connectivity index (χ0n) is 7.20. The van der Waals surface area contributed by atoms with Crippen molar-refractivity contribution in [3.05, 3.63) is 29.6 Å². The monoisotopic (exact) mass is 161 g/mol. The summed E-state index contributed by atoms with van der Waals surface area (Å²) < 4.78 is 1.95. The van der Waals surface area contributed by atoms with Crippen molar-refractivity contribution in [1.29, 1.82) is 0 Å². The molecule has 2 heterocycles. The van der Waals surface area contributed by atoms with Gasteiger partial charge in [-0.3, -0.25) is 4.40 Å². The van der Waals surface area contributed by atoms with Gasteiger partial charge in [-0.2, -0.15) is 0 Å². The molecule has 0 spiro atoms. The van der Waals surface area contributed by atoms with E-state index in [0.29, 0.717) is 5.95 Å². The third-order valence-corrected chi connectivity index (χ3v) is 2.07. The number of imidazole rings is 1. The maximum Gasteiger partial charge on any atom is 0.205 e. The van der Waals surface area contributed by atoms with E-state index in [9.17, 15) is 0 Å². The first-order chi connectivity index (χ1) is 5.70. The highest BCUT2D eigenvalue weighted by Crippen LogP contribution is 2.15. The van der Waals surface area contributed by atoms with Crippen LogP contribution in [0.2, 0.25) is 0 Å². The minimum Gasteiger partial charge on any atom is -0.369 e. The fourth-order valence-corrected chi connectivity index (χ4v) is 1.48. The minimum absolute atomic E-state index is 0.570. The van der Waals surface area contributed by atoms with Gasteiger partial charge >= 0.3 is 0 Å². The van der Waals surface area contributed by atoms with E-state index >= 15 is 0 Å². The molecule has 0 saturated carbocycles. The van der Waals surface area contributed by atoms with Crippen LogP contribution in [0.25, 0.3) is 5.52 Å². The second-order valence-corrected chi connectivity index (χ2v) is 2.94. The van der Waals surface area contributed by atoms with E-state index < -0.39 is 0 Å². The highest BCUT2D eigenvalue weighted by atomic mass is 15.1. The fraction of sp³-hybridized carbons (Fsp3) is 0.222. The molecule has 0 aliphatic heterocycles. The van der Waals surface area contributed by atoms with Gasteiger partial charge in [0.1, 0.15) is 0 Å². The molecule has 3 nitrogen and oxygen atoms in total. The molecule has 0 saturated heterocycles. The van der Waals surface area contributed by atoms with E-state index in [4.69, 9.17) is 5.73 Å². The minimum atomic E-state index is 0.570. The number of fused-ring (bicyclic) bond motifs is 1. The van der Waals surface area contributed by atoms with Crippen LogP contribution in [0.15, 0.2) is 18.2 Å². The van der Waals surface area contributed by atoms with E-state index in [-0.39, 0.29) is 0 Å². The number of nitrogens with zero attached hydrogens (tertiary/aromatic N) is 2. The molecule has 3 heteroatoms. The molecule has 0 fully saturated rings. The normalized spacial score (nSPS) is 10.8. The Morgan fingerprint density at radius 2 is 2.08 bits per heavy atom. The summed E-state index contributed by atoms with van der Waals surface area (Å²) in [5.41, 5.74) is 8.92. The Labute approximate surface area is 70.8 Å². The molecule has 2 N–H and O–H groups in total. The van der Waals surface area contributed by atoms with Gasteiger partial charge in [-0.05, 0) is 26.0 Å². The molecule has 0 amide bonds. The summed E-state index contributed by atoms with van der Waals surface area (Å²) >= 11 is 0. The maximum absolute atomic E-state index is 5.73. The smallest absolute Gasteiger partial charge is 0.205 e. The average Bonchev–Trinajstić information content (AvgIpc) is 2.29. The quantitative estimate of drug-likeness (QED) is 0.636. The van der Waals surface area contributed by atoms with Crippen LogP contribution >= 0.6 is 0 Å². The van der Waals surface area contributed by atoms with Gasteiger partial charge in [0.15, 0.2) is 0 Å². The third-order valence-electron chi connectivity index (χ3n) is 2.07. The van der Waals surface area contributed by atoms with Gasteiger partial charge in [-0.1, -0.05) is 6.07 Å². The Balaban J connectivity index is 2.99. The van der Waals surface area contributed by atoms with Crippen molar-refractivity contribution in [2.45, 2.75) is 13.8 Å². The summed E-state index contributed by atoms with van der Waals surface area (Å²) in [6.07, 6.45) is 0. The molecule has 0 unspecified atom stereocenters. The fourth-order valence-electron chi connectivity index (χ4n) is 1.48. The number of aryl methyl sites for hydroxylation is 2. The summed E-state index contributed by atoms with van der Waals surface area (Å²) in [7, 11) is 0. The molecule has 2 rings (SSSR count). The van der Waals surface area contributed by atoms with Gasteiger partial charge in [0, 0.05) is 5.69 Å². The molecule has 2 aromatic rings. The molecular formula is C9H11N3. The van der Waals surface area contributed by atoms with Gasteiger partial charge in [-0.25, -0.2) is 4.98 Å². The molecule has 0 bridgehead atoms. The standard InChI is InChI=1S/C9H11N3/c1-6-4-3-5-8-7(2)11-9(10)12(6)8/h3-5H,1-2H3,(H2,10,11). The van der Waals surface area contributed by atoms with Crippen molar-refractivity contribution in [2.24, 2.45) is 0 Å². The van der Waals surface area contributed by atoms with Crippen LogP contribution in [-0.4, -0.2) is 9.38 Å². The van der Waals surface area contributed by atoms with Crippen molar-refractivity contribution in [1.82, 2.24) is 9.38 Å². The van der Waals surface area contributed by atoms with Crippen LogP contribution in [0.3, 0.4) is 0 Å². The SMILES string of the molecule is Cc1nc(N)n2c(C)cccc12. The van der Waals surface area contributed by atoms with Crippen LogP contribution in [-0.2, 0) is 0 Å². The number of anilines is 1. The van der Waals surface area contributed by atoms with E-state index in [1.165, 1.54) is 0 Å². The Kier molecular flexibility index (Phi) is 1.33. The first kappa shape index (κ1) is 7.16. The zero-order chi connectivity index (χ0) is 8.72. The van der Waals surface area contributed by atoms with Gasteiger partial charge in [0.05, 0.1) is 11.2 Å². The predicted molar refractivity (Wildman–Crippen MR) is 49.1 cm³/mol. The lowest BCUT2D eigenvalue weighted by molar-refractivity contribution is 1.09. The number of nitrogen functional groups attached to an aromatic ring is 1. The lowest BCUT2D eigenvalue weighted by Crippen LogP contribution is -1.96. The van der Waals surface area contributed by atoms with E-state index in [1.54, 1.807) is 0 Å². The van der Waals surface area contributed by atoms with Crippen molar-refractivity contribution in [2.75, 3.05) is 5.73 Å². The maximum atomic E-state index is 5.73. The van der Waals surface area contributed by atoms with Crippen LogP contribution in [0.4, 0.5) is 5.95 Å². The van der Waals surface area contributed by atoms with Crippen molar-refractivity contribution < 1.29 is 0 Å². The molecule has 0 aliphatic rings. The summed E-state index contributed by atoms with van der Waals surface area (Å²) in [6.45, 7) is 3.98. The highest BCUT2D eigenvalue weighted by molar-refractivity contribution is 5.57. The number of aromatic nitrogens is 2. The Bertz CT molecular complexity index is 429. The lowest BCUT2D eigenvalue weighted by atomic mass is 10.3. The number of hydrogen-bond acceptors (Lipinski definition) is 2. The van der Waals surface area contributed by atoms with Crippen LogP contribution in [0, 0.1) is 13.8 Å². The Hall–Kier alpha value is -1.51. The first-order valence-corrected chi connectivity index (χ1v) is 3.90. The topological polar surface area (TPSA) is 43.3 Å². The van der Waals surface area contributed by atoms with Crippen molar-refractivity contribution >= 4 is 11.5 Å². The summed E-state index contributed by atoms with van der Waals surface area (Å²) in [6, 6.07) is 6.05. The molecule has 0 aromatic carbocycles. The number of nitrogens with two attached hydrogens (primary N) is 1. The largest absolute Gasteiger partial charge is 0.369 e. The molecule has 62 valence electrons. The number of pyridine rings is 1. The molecular weight excluding hydrogens is 150 g/mol. The second kappa shape index (κ2) is 2.24.